The van der Waals surface area contributed by atoms with Gasteiger partial charge in [-0.1, -0.05) is 12.1 Å². The van der Waals surface area contributed by atoms with E-state index in [1.807, 2.05) is 30.0 Å². The number of rotatable bonds is 6. The van der Waals surface area contributed by atoms with Crippen LogP contribution in [0.1, 0.15) is 5.56 Å². The lowest BCUT2D eigenvalue weighted by atomic mass is 10.2. The first kappa shape index (κ1) is 23.5. The van der Waals surface area contributed by atoms with Crippen molar-refractivity contribution in [2.24, 2.45) is 4.99 Å². The predicted molar refractivity (Wildman–Crippen MR) is 135 cm³/mol. The SMILES string of the molecule is CN=C(NCc1ccc(N2CCSCC2)cc1)Nc1ccc(OC)c(OC)c1.I. The summed E-state index contributed by atoms with van der Waals surface area (Å²) in [6.07, 6.45) is 0. The third-order valence-corrected chi connectivity index (χ3v) is 5.58. The number of nitrogens with zero attached hydrogens (tertiary/aromatic N) is 2. The van der Waals surface area contributed by atoms with Gasteiger partial charge in [-0.15, -0.1) is 24.0 Å². The number of halogens is 1. The van der Waals surface area contributed by atoms with Crippen LogP contribution in [0.2, 0.25) is 0 Å². The first-order valence-electron chi connectivity index (χ1n) is 9.35. The summed E-state index contributed by atoms with van der Waals surface area (Å²) in [6.45, 7) is 2.96. The molecule has 0 aromatic heterocycles. The Labute approximate surface area is 194 Å². The van der Waals surface area contributed by atoms with Crippen LogP contribution >= 0.6 is 35.7 Å². The highest BCUT2D eigenvalue weighted by Crippen LogP contribution is 2.29. The van der Waals surface area contributed by atoms with E-state index in [0.29, 0.717) is 24.0 Å². The normalized spacial score (nSPS) is 14.0. The van der Waals surface area contributed by atoms with Crippen molar-refractivity contribution in [1.29, 1.82) is 0 Å². The maximum atomic E-state index is 5.35. The van der Waals surface area contributed by atoms with Gasteiger partial charge in [0, 0.05) is 55.6 Å². The highest BCUT2D eigenvalue weighted by atomic mass is 127. The van der Waals surface area contributed by atoms with E-state index in [-0.39, 0.29) is 24.0 Å². The van der Waals surface area contributed by atoms with Crippen LogP contribution in [0.25, 0.3) is 0 Å². The fourth-order valence-corrected chi connectivity index (χ4v) is 3.96. The summed E-state index contributed by atoms with van der Waals surface area (Å²) in [5, 5.41) is 6.63. The van der Waals surface area contributed by atoms with Gasteiger partial charge in [-0.2, -0.15) is 11.8 Å². The molecule has 2 N–H and O–H groups in total. The molecule has 0 amide bonds. The first-order valence-corrected chi connectivity index (χ1v) is 10.5. The first-order chi connectivity index (χ1) is 13.7. The second kappa shape index (κ2) is 12.0. The maximum Gasteiger partial charge on any atom is 0.195 e. The molecule has 0 saturated carbocycles. The standard InChI is InChI=1S/C21H28N4O2S.HI/c1-22-21(24-17-6-9-19(26-2)20(14-17)27-3)23-15-16-4-7-18(8-5-16)25-10-12-28-13-11-25;/h4-9,14H,10-13,15H2,1-3H3,(H2,22,23,24);1H. The molecule has 0 spiro atoms. The lowest BCUT2D eigenvalue weighted by molar-refractivity contribution is 0.355. The largest absolute Gasteiger partial charge is 0.493 e. The van der Waals surface area contributed by atoms with Gasteiger partial charge in [-0.3, -0.25) is 4.99 Å². The number of guanidine groups is 1. The van der Waals surface area contributed by atoms with E-state index in [1.54, 1.807) is 21.3 Å². The summed E-state index contributed by atoms with van der Waals surface area (Å²) < 4.78 is 10.6. The second-order valence-electron chi connectivity index (χ2n) is 6.39. The monoisotopic (exact) mass is 528 g/mol. The number of anilines is 2. The number of ether oxygens (including phenoxy) is 2. The summed E-state index contributed by atoms with van der Waals surface area (Å²) in [6, 6.07) is 14.4. The van der Waals surface area contributed by atoms with Gasteiger partial charge >= 0.3 is 0 Å². The quantitative estimate of drug-likeness (QED) is 0.335. The minimum Gasteiger partial charge on any atom is -0.493 e. The zero-order valence-corrected chi connectivity index (χ0v) is 20.3. The van der Waals surface area contributed by atoms with Gasteiger partial charge in [0.1, 0.15) is 0 Å². The van der Waals surface area contributed by atoms with E-state index >= 15 is 0 Å². The summed E-state index contributed by atoms with van der Waals surface area (Å²) >= 11 is 2.03. The number of aliphatic imine (C=N–C) groups is 1. The van der Waals surface area contributed by atoms with Crippen molar-refractivity contribution in [1.82, 2.24) is 5.32 Å². The number of benzene rings is 2. The maximum absolute atomic E-state index is 5.35. The van der Waals surface area contributed by atoms with Crippen LogP contribution in [0.5, 0.6) is 11.5 Å². The van der Waals surface area contributed by atoms with E-state index < -0.39 is 0 Å². The molecule has 3 rings (SSSR count). The topological polar surface area (TPSA) is 58.1 Å². The molecule has 1 fully saturated rings. The van der Waals surface area contributed by atoms with Gasteiger partial charge in [-0.25, -0.2) is 0 Å². The Morgan fingerprint density at radius 2 is 1.72 bits per heavy atom. The number of hydrogen-bond acceptors (Lipinski definition) is 5. The number of methoxy groups -OCH3 is 2. The van der Waals surface area contributed by atoms with Crippen molar-refractivity contribution >= 4 is 53.1 Å². The van der Waals surface area contributed by atoms with Crippen LogP contribution in [0.15, 0.2) is 47.5 Å². The van der Waals surface area contributed by atoms with E-state index in [2.05, 4.69) is 44.8 Å². The molecule has 2 aromatic rings. The summed E-state index contributed by atoms with van der Waals surface area (Å²) in [5.74, 6) is 4.49. The van der Waals surface area contributed by atoms with E-state index in [9.17, 15) is 0 Å². The van der Waals surface area contributed by atoms with Gasteiger partial charge in [-0.05, 0) is 29.8 Å². The van der Waals surface area contributed by atoms with Crippen molar-refractivity contribution < 1.29 is 9.47 Å². The van der Waals surface area contributed by atoms with Gasteiger partial charge in [0.2, 0.25) is 0 Å². The molecule has 0 atom stereocenters. The third kappa shape index (κ3) is 6.60. The molecule has 6 nitrogen and oxygen atoms in total. The van der Waals surface area contributed by atoms with Crippen molar-refractivity contribution in [2.45, 2.75) is 6.54 Å². The molecule has 0 unspecified atom stereocenters. The summed E-state index contributed by atoms with van der Waals surface area (Å²) in [5.41, 5.74) is 3.39. The van der Waals surface area contributed by atoms with Crippen LogP contribution in [0.3, 0.4) is 0 Å². The van der Waals surface area contributed by atoms with Crippen LogP contribution in [-0.2, 0) is 6.54 Å². The second-order valence-corrected chi connectivity index (χ2v) is 7.61. The molecule has 8 heteroatoms. The molecule has 1 heterocycles. The summed E-state index contributed by atoms with van der Waals surface area (Å²) in [7, 11) is 5.01. The van der Waals surface area contributed by atoms with Gasteiger partial charge in [0.15, 0.2) is 17.5 Å². The minimum absolute atomic E-state index is 0. The number of hydrogen-bond donors (Lipinski definition) is 2. The minimum atomic E-state index is 0. The zero-order valence-electron chi connectivity index (χ0n) is 17.1. The predicted octanol–water partition coefficient (Wildman–Crippen LogP) is 4.06. The van der Waals surface area contributed by atoms with E-state index in [1.165, 1.54) is 22.8 Å². The molecule has 0 radical (unpaired) electrons. The molecule has 2 aromatic carbocycles. The molecular weight excluding hydrogens is 499 g/mol. The Balaban J connectivity index is 0.00000300. The molecule has 1 saturated heterocycles. The van der Waals surface area contributed by atoms with Crippen LogP contribution < -0.4 is 25.0 Å². The number of thioether (sulfide) groups is 1. The van der Waals surface area contributed by atoms with Crippen LogP contribution in [0.4, 0.5) is 11.4 Å². The molecule has 29 heavy (non-hydrogen) atoms. The lowest BCUT2D eigenvalue weighted by Gasteiger charge is -2.28. The van der Waals surface area contributed by atoms with Crippen molar-refractivity contribution in [2.75, 3.05) is 56.1 Å². The molecular formula is C21H29IN4O2S. The highest BCUT2D eigenvalue weighted by molar-refractivity contribution is 14.0. The Bertz CT molecular complexity index is 796. The Hall–Kier alpha value is -1.81. The lowest BCUT2D eigenvalue weighted by Crippen LogP contribution is -2.32. The fraction of sp³-hybridized carbons (Fsp3) is 0.381. The molecule has 1 aliphatic rings. The van der Waals surface area contributed by atoms with Crippen molar-refractivity contribution in [3.8, 4) is 11.5 Å². The Morgan fingerprint density at radius 3 is 2.34 bits per heavy atom. The molecule has 1 aliphatic heterocycles. The Kier molecular flexibility index (Phi) is 9.72. The average Bonchev–Trinajstić information content (AvgIpc) is 2.77. The van der Waals surface area contributed by atoms with E-state index in [0.717, 1.165) is 18.8 Å². The van der Waals surface area contributed by atoms with Crippen molar-refractivity contribution in [3.05, 3.63) is 48.0 Å². The molecule has 158 valence electrons. The van der Waals surface area contributed by atoms with Crippen molar-refractivity contribution in [3.63, 3.8) is 0 Å². The molecule has 0 aliphatic carbocycles. The molecule has 0 bridgehead atoms. The zero-order chi connectivity index (χ0) is 19.8. The average molecular weight is 528 g/mol. The fourth-order valence-electron chi connectivity index (χ4n) is 3.06. The van der Waals surface area contributed by atoms with E-state index in [4.69, 9.17) is 9.47 Å². The van der Waals surface area contributed by atoms with Gasteiger partial charge in [0.25, 0.3) is 0 Å². The number of nitrogens with one attached hydrogen (secondary N) is 2. The van der Waals surface area contributed by atoms with Crippen LogP contribution in [0, 0.1) is 0 Å². The van der Waals surface area contributed by atoms with Crippen LogP contribution in [-0.4, -0.2) is 51.8 Å². The smallest absolute Gasteiger partial charge is 0.195 e. The highest BCUT2D eigenvalue weighted by Gasteiger charge is 2.11. The third-order valence-electron chi connectivity index (χ3n) is 4.64. The van der Waals surface area contributed by atoms with Gasteiger partial charge in [0.05, 0.1) is 14.2 Å². The summed E-state index contributed by atoms with van der Waals surface area (Å²) in [4.78, 5) is 6.75. The Morgan fingerprint density at radius 1 is 1.03 bits per heavy atom. The van der Waals surface area contributed by atoms with Gasteiger partial charge < -0.3 is 25.0 Å².